The highest BCUT2D eigenvalue weighted by Gasteiger charge is 2.24. The summed E-state index contributed by atoms with van der Waals surface area (Å²) in [5, 5.41) is 9.41. The summed E-state index contributed by atoms with van der Waals surface area (Å²) in [6.45, 7) is 1.76. The molecule has 0 aliphatic heterocycles. The Bertz CT molecular complexity index is 690. The monoisotopic (exact) mass is 317 g/mol. The molecule has 1 aromatic carbocycles. The van der Waals surface area contributed by atoms with Crippen molar-refractivity contribution < 1.29 is 13.5 Å². The van der Waals surface area contributed by atoms with Crippen molar-refractivity contribution in [2.45, 2.75) is 11.1 Å². The lowest BCUT2D eigenvalue weighted by atomic mass is 10.3. The minimum atomic E-state index is -3.65. The molecule has 0 amide bonds. The van der Waals surface area contributed by atoms with Crippen LogP contribution in [0.2, 0.25) is 4.34 Å². The molecule has 0 aliphatic rings. The molecule has 2 rings (SSSR count). The van der Waals surface area contributed by atoms with Crippen LogP contribution in [0.15, 0.2) is 34.5 Å². The summed E-state index contributed by atoms with van der Waals surface area (Å²) in [5.41, 5.74) is 1.12. The summed E-state index contributed by atoms with van der Waals surface area (Å²) in [5.74, 6) is 0.0138. The van der Waals surface area contributed by atoms with Crippen LogP contribution in [0.5, 0.6) is 5.75 Å². The first-order chi connectivity index (χ1) is 8.82. The molecule has 0 fully saturated rings. The molecule has 0 spiro atoms. The predicted octanol–water partition coefficient (Wildman–Crippen LogP) is 3.24. The van der Waals surface area contributed by atoms with Crippen molar-refractivity contribution in [1.82, 2.24) is 0 Å². The van der Waals surface area contributed by atoms with Crippen LogP contribution >= 0.6 is 22.9 Å². The van der Waals surface area contributed by atoms with Crippen molar-refractivity contribution in [3.8, 4) is 5.75 Å². The van der Waals surface area contributed by atoms with Crippen molar-refractivity contribution in [1.29, 1.82) is 0 Å². The number of phenols is 1. The molecule has 1 N–H and O–H groups in total. The zero-order chi connectivity index (χ0) is 14.2. The molecule has 1 aromatic heterocycles. The van der Waals surface area contributed by atoms with Crippen molar-refractivity contribution in [3.05, 3.63) is 40.2 Å². The Labute approximate surface area is 120 Å². The summed E-state index contributed by atoms with van der Waals surface area (Å²) in [6, 6.07) is 7.61. The van der Waals surface area contributed by atoms with E-state index in [0.717, 1.165) is 21.2 Å². The van der Waals surface area contributed by atoms with Gasteiger partial charge in [0, 0.05) is 13.1 Å². The summed E-state index contributed by atoms with van der Waals surface area (Å²) < 4.78 is 26.6. The van der Waals surface area contributed by atoms with Crippen LogP contribution in [0.1, 0.15) is 5.56 Å². The van der Waals surface area contributed by atoms with Crippen molar-refractivity contribution in [3.63, 3.8) is 0 Å². The number of rotatable bonds is 3. The second-order valence-corrected chi connectivity index (χ2v) is 7.86. The first-order valence-electron chi connectivity index (χ1n) is 5.36. The maximum atomic E-state index is 12.4. The Morgan fingerprint density at radius 2 is 2.00 bits per heavy atom. The van der Waals surface area contributed by atoms with E-state index in [1.807, 2.05) is 0 Å². The van der Waals surface area contributed by atoms with Crippen LogP contribution in [0.25, 0.3) is 0 Å². The Morgan fingerprint density at radius 1 is 1.32 bits per heavy atom. The molecule has 0 aliphatic carbocycles. The van der Waals surface area contributed by atoms with Gasteiger partial charge in [0.2, 0.25) is 0 Å². The van der Waals surface area contributed by atoms with Gasteiger partial charge in [0.05, 0.1) is 10.0 Å². The van der Waals surface area contributed by atoms with Crippen LogP contribution < -0.4 is 4.31 Å². The number of aryl methyl sites for hydroxylation is 1. The van der Waals surface area contributed by atoms with Crippen LogP contribution in [-0.2, 0) is 10.0 Å². The highest BCUT2D eigenvalue weighted by atomic mass is 35.5. The minimum absolute atomic E-state index is 0.0138. The molecular weight excluding hydrogens is 306 g/mol. The average Bonchev–Trinajstić information content (AvgIpc) is 2.69. The number of aromatic hydroxyl groups is 1. The summed E-state index contributed by atoms with van der Waals surface area (Å²) >= 11 is 6.93. The zero-order valence-electron chi connectivity index (χ0n) is 10.3. The lowest BCUT2D eigenvalue weighted by molar-refractivity contribution is 0.475. The molecular formula is C12H12ClNO3S2. The van der Waals surface area contributed by atoms with Gasteiger partial charge in [-0.25, -0.2) is 8.42 Å². The summed E-state index contributed by atoms with van der Waals surface area (Å²) in [6.07, 6.45) is 0. The van der Waals surface area contributed by atoms with E-state index in [2.05, 4.69) is 0 Å². The fourth-order valence-electron chi connectivity index (χ4n) is 1.52. The second kappa shape index (κ2) is 5.03. The van der Waals surface area contributed by atoms with Gasteiger partial charge in [-0.1, -0.05) is 17.7 Å². The van der Waals surface area contributed by atoms with E-state index < -0.39 is 10.0 Å². The third kappa shape index (κ3) is 2.70. The number of halogens is 1. The van der Waals surface area contributed by atoms with Crippen molar-refractivity contribution >= 4 is 38.6 Å². The molecule has 102 valence electrons. The smallest absolute Gasteiger partial charge is 0.273 e. The van der Waals surface area contributed by atoms with Crippen molar-refractivity contribution in [2.24, 2.45) is 0 Å². The van der Waals surface area contributed by atoms with Gasteiger partial charge in [-0.2, -0.15) is 0 Å². The Hall–Kier alpha value is -1.24. The number of nitrogens with zero attached hydrogens (tertiary/aromatic N) is 1. The maximum absolute atomic E-state index is 12.4. The lowest BCUT2D eigenvalue weighted by Crippen LogP contribution is -2.25. The number of thiophene rings is 1. The van der Waals surface area contributed by atoms with Crippen molar-refractivity contribution in [2.75, 3.05) is 11.4 Å². The molecule has 4 nitrogen and oxygen atoms in total. The van der Waals surface area contributed by atoms with E-state index in [9.17, 15) is 13.5 Å². The van der Waals surface area contributed by atoms with Gasteiger partial charge in [-0.3, -0.25) is 4.31 Å². The molecule has 0 radical (unpaired) electrons. The molecule has 0 atom stereocenters. The van der Waals surface area contributed by atoms with Crippen LogP contribution in [0.3, 0.4) is 0 Å². The van der Waals surface area contributed by atoms with E-state index in [1.54, 1.807) is 25.1 Å². The molecule has 7 heteroatoms. The number of sulfonamides is 1. The van der Waals surface area contributed by atoms with E-state index in [0.29, 0.717) is 10.0 Å². The van der Waals surface area contributed by atoms with E-state index in [1.165, 1.54) is 19.2 Å². The number of hydrogen-bond acceptors (Lipinski definition) is 4. The number of benzene rings is 1. The number of phenolic OH excluding ortho intramolecular Hbond substituents is 1. The molecule has 1 heterocycles. The first kappa shape index (κ1) is 14.2. The number of anilines is 1. The highest BCUT2D eigenvalue weighted by Crippen LogP contribution is 2.33. The third-order valence-electron chi connectivity index (χ3n) is 2.64. The van der Waals surface area contributed by atoms with Gasteiger partial charge < -0.3 is 5.11 Å². The quantitative estimate of drug-likeness (QED) is 0.945. The lowest BCUT2D eigenvalue weighted by Gasteiger charge is -2.18. The first-order valence-corrected chi connectivity index (χ1v) is 7.99. The predicted molar refractivity (Wildman–Crippen MR) is 77.8 cm³/mol. The van der Waals surface area contributed by atoms with E-state index >= 15 is 0 Å². The largest absolute Gasteiger partial charge is 0.508 e. The topological polar surface area (TPSA) is 57.6 Å². The van der Waals surface area contributed by atoms with Gasteiger partial charge in [0.25, 0.3) is 10.0 Å². The van der Waals surface area contributed by atoms with Gasteiger partial charge in [-0.15, -0.1) is 11.3 Å². The van der Waals surface area contributed by atoms with E-state index in [4.69, 9.17) is 11.6 Å². The molecule has 0 saturated heterocycles. The molecule has 0 unspecified atom stereocenters. The Morgan fingerprint density at radius 3 is 2.53 bits per heavy atom. The zero-order valence-corrected chi connectivity index (χ0v) is 12.7. The number of hydrogen-bond donors (Lipinski definition) is 1. The fourth-order valence-corrected chi connectivity index (χ4v) is 4.59. The second-order valence-electron chi connectivity index (χ2n) is 4.01. The average molecular weight is 318 g/mol. The van der Waals surface area contributed by atoms with Crippen LogP contribution in [0.4, 0.5) is 5.69 Å². The summed E-state index contributed by atoms with van der Waals surface area (Å²) in [4.78, 5) is 0. The third-order valence-corrected chi connectivity index (χ3v) is 6.43. The SMILES string of the molecule is Cc1cc(S(=O)(=O)N(C)c2cccc(O)c2)sc1Cl. The van der Waals surface area contributed by atoms with Crippen LogP contribution in [-0.4, -0.2) is 20.6 Å². The van der Waals surface area contributed by atoms with Gasteiger partial charge in [0.15, 0.2) is 0 Å². The molecule has 2 aromatic rings. The van der Waals surface area contributed by atoms with Gasteiger partial charge >= 0.3 is 0 Å². The van der Waals surface area contributed by atoms with Gasteiger partial charge in [0.1, 0.15) is 9.96 Å². The molecule has 0 saturated carbocycles. The molecule has 19 heavy (non-hydrogen) atoms. The Kier molecular flexibility index (Phi) is 3.75. The molecule has 0 bridgehead atoms. The minimum Gasteiger partial charge on any atom is -0.508 e. The van der Waals surface area contributed by atoms with E-state index in [-0.39, 0.29) is 9.96 Å². The normalized spacial score (nSPS) is 11.5. The van der Waals surface area contributed by atoms with Crippen LogP contribution in [0, 0.1) is 6.92 Å². The van der Waals surface area contributed by atoms with Gasteiger partial charge in [-0.05, 0) is 30.7 Å². The summed E-state index contributed by atoms with van der Waals surface area (Å²) in [7, 11) is -2.22. The highest BCUT2D eigenvalue weighted by molar-refractivity contribution is 7.94. The fraction of sp³-hybridized carbons (Fsp3) is 0.167. The standard InChI is InChI=1S/C12H12ClNO3S2/c1-8-6-11(18-12(8)13)19(16,17)14(2)9-4-3-5-10(15)7-9/h3-7,15H,1-2H3. The Balaban J connectivity index is 2.45. The maximum Gasteiger partial charge on any atom is 0.273 e.